The Balaban J connectivity index is 1.70. The van der Waals surface area contributed by atoms with E-state index >= 15 is 0 Å². The number of rotatable bonds is 4. The molecule has 7 heteroatoms. The summed E-state index contributed by atoms with van der Waals surface area (Å²) >= 11 is 6.27. The van der Waals surface area contributed by atoms with Crippen LogP contribution in [-0.2, 0) is 11.3 Å². The van der Waals surface area contributed by atoms with Crippen molar-refractivity contribution in [3.63, 3.8) is 0 Å². The van der Waals surface area contributed by atoms with E-state index in [1.54, 1.807) is 35.2 Å². The minimum atomic E-state index is -0.253. The Bertz CT molecular complexity index is 802. The standard InChI is InChI=1S/C19H20ClN3O3/c20-17-11-15(22-18(24)14-3-1-13(12-21)2-4-14)5-6-16(17)19(25)23-7-9-26-10-8-23/h1-6,11H,7-10,12,21H2,(H,22,24). The van der Waals surface area contributed by atoms with Gasteiger partial charge in [-0.15, -0.1) is 0 Å². The van der Waals surface area contributed by atoms with Gasteiger partial charge in [0.2, 0.25) is 0 Å². The van der Waals surface area contributed by atoms with Crippen molar-refractivity contribution in [3.05, 3.63) is 64.2 Å². The summed E-state index contributed by atoms with van der Waals surface area (Å²) in [6.07, 6.45) is 0. The monoisotopic (exact) mass is 373 g/mol. The molecule has 26 heavy (non-hydrogen) atoms. The molecule has 0 aromatic heterocycles. The van der Waals surface area contributed by atoms with Crippen LogP contribution in [0.4, 0.5) is 5.69 Å². The van der Waals surface area contributed by atoms with Crippen LogP contribution in [0.25, 0.3) is 0 Å². The molecule has 2 amide bonds. The molecular formula is C19H20ClN3O3. The molecule has 3 N–H and O–H groups in total. The number of ether oxygens (including phenoxy) is 1. The SMILES string of the molecule is NCc1ccc(C(=O)Nc2ccc(C(=O)N3CCOCC3)c(Cl)c2)cc1. The average molecular weight is 374 g/mol. The van der Waals surface area contributed by atoms with Gasteiger partial charge in [0.15, 0.2) is 0 Å². The molecular weight excluding hydrogens is 354 g/mol. The fourth-order valence-electron chi connectivity index (χ4n) is 2.70. The normalized spacial score (nSPS) is 14.2. The topological polar surface area (TPSA) is 84.7 Å². The molecule has 0 spiro atoms. The van der Waals surface area contributed by atoms with Crippen LogP contribution in [0, 0.1) is 0 Å². The summed E-state index contributed by atoms with van der Waals surface area (Å²) < 4.78 is 5.25. The maximum Gasteiger partial charge on any atom is 0.255 e. The van der Waals surface area contributed by atoms with Crippen molar-refractivity contribution >= 4 is 29.1 Å². The van der Waals surface area contributed by atoms with Gasteiger partial charge in [-0.2, -0.15) is 0 Å². The minimum Gasteiger partial charge on any atom is -0.378 e. The highest BCUT2D eigenvalue weighted by Gasteiger charge is 2.21. The van der Waals surface area contributed by atoms with Gasteiger partial charge in [-0.05, 0) is 35.9 Å². The second kappa shape index (κ2) is 8.31. The molecule has 3 rings (SSSR count). The predicted octanol–water partition coefficient (Wildman–Crippen LogP) is 2.52. The smallest absolute Gasteiger partial charge is 0.255 e. The van der Waals surface area contributed by atoms with Crippen LogP contribution in [0.2, 0.25) is 5.02 Å². The molecule has 2 aromatic rings. The van der Waals surface area contributed by atoms with Gasteiger partial charge in [-0.1, -0.05) is 23.7 Å². The predicted molar refractivity (Wildman–Crippen MR) is 100 cm³/mol. The van der Waals surface area contributed by atoms with E-state index in [1.165, 1.54) is 0 Å². The van der Waals surface area contributed by atoms with Crippen molar-refractivity contribution < 1.29 is 14.3 Å². The number of hydrogen-bond acceptors (Lipinski definition) is 4. The molecule has 0 atom stereocenters. The van der Waals surface area contributed by atoms with E-state index in [4.69, 9.17) is 22.1 Å². The highest BCUT2D eigenvalue weighted by molar-refractivity contribution is 6.34. The summed E-state index contributed by atoms with van der Waals surface area (Å²) in [6, 6.07) is 11.9. The quantitative estimate of drug-likeness (QED) is 0.862. The highest BCUT2D eigenvalue weighted by atomic mass is 35.5. The summed E-state index contributed by atoms with van der Waals surface area (Å²) in [5.41, 5.74) is 7.97. The van der Waals surface area contributed by atoms with Crippen molar-refractivity contribution in [3.8, 4) is 0 Å². The van der Waals surface area contributed by atoms with Crippen molar-refractivity contribution in [2.75, 3.05) is 31.6 Å². The zero-order valence-electron chi connectivity index (χ0n) is 14.2. The Labute approximate surface area is 156 Å². The second-order valence-electron chi connectivity index (χ2n) is 5.95. The Morgan fingerprint density at radius 1 is 1.12 bits per heavy atom. The van der Waals surface area contributed by atoms with E-state index in [0.717, 1.165) is 5.56 Å². The summed E-state index contributed by atoms with van der Waals surface area (Å²) in [4.78, 5) is 26.6. The summed E-state index contributed by atoms with van der Waals surface area (Å²) in [5.74, 6) is -0.384. The number of benzene rings is 2. The number of morpholine rings is 1. The molecule has 1 heterocycles. The van der Waals surface area contributed by atoms with E-state index in [1.807, 2.05) is 12.1 Å². The van der Waals surface area contributed by atoms with Crippen LogP contribution < -0.4 is 11.1 Å². The molecule has 0 aliphatic carbocycles. The van der Waals surface area contributed by atoms with Gasteiger partial charge in [-0.25, -0.2) is 0 Å². The average Bonchev–Trinajstić information content (AvgIpc) is 2.68. The van der Waals surface area contributed by atoms with Crippen molar-refractivity contribution in [1.82, 2.24) is 4.90 Å². The fraction of sp³-hybridized carbons (Fsp3) is 0.263. The molecule has 0 unspecified atom stereocenters. The molecule has 0 saturated carbocycles. The third-order valence-corrected chi connectivity index (χ3v) is 4.52. The van der Waals surface area contributed by atoms with Gasteiger partial charge in [0, 0.05) is 30.9 Å². The van der Waals surface area contributed by atoms with Crippen LogP contribution in [0.1, 0.15) is 26.3 Å². The molecule has 6 nitrogen and oxygen atoms in total. The molecule has 0 bridgehead atoms. The van der Waals surface area contributed by atoms with E-state index < -0.39 is 0 Å². The lowest BCUT2D eigenvalue weighted by molar-refractivity contribution is 0.0303. The molecule has 1 saturated heterocycles. The summed E-state index contributed by atoms with van der Waals surface area (Å²) in [6.45, 7) is 2.58. The van der Waals surface area contributed by atoms with Gasteiger partial charge < -0.3 is 20.7 Å². The van der Waals surface area contributed by atoms with Gasteiger partial charge >= 0.3 is 0 Å². The maximum atomic E-state index is 12.5. The fourth-order valence-corrected chi connectivity index (χ4v) is 2.96. The molecule has 1 aliphatic heterocycles. The number of nitrogens with zero attached hydrogens (tertiary/aromatic N) is 1. The Hall–Kier alpha value is -2.41. The third kappa shape index (κ3) is 4.22. The van der Waals surface area contributed by atoms with Gasteiger partial charge in [0.05, 0.1) is 23.8 Å². The highest BCUT2D eigenvalue weighted by Crippen LogP contribution is 2.23. The first-order valence-electron chi connectivity index (χ1n) is 8.35. The largest absolute Gasteiger partial charge is 0.378 e. The number of nitrogens with two attached hydrogens (primary N) is 1. The first-order chi connectivity index (χ1) is 12.6. The first-order valence-corrected chi connectivity index (χ1v) is 8.73. The van der Waals surface area contributed by atoms with Crippen LogP contribution in [0.15, 0.2) is 42.5 Å². The molecule has 136 valence electrons. The van der Waals surface area contributed by atoms with E-state index in [0.29, 0.717) is 54.7 Å². The number of anilines is 1. The van der Waals surface area contributed by atoms with Gasteiger partial charge in [-0.3, -0.25) is 9.59 Å². The summed E-state index contributed by atoms with van der Waals surface area (Å²) in [5, 5.41) is 3.09. The molecule has 1 fully saturated rings. The van der Waals surface area contributed by atoms with E-state index in [2.05, 4.69) is 5.32 Å². The zero-order valence-corrected chi connectivity index (χ0v) is 15.0. The third-order valence-electron chi connectivity index (χ3n) is 4.21. The van der Waals surface area contributed by atoms with Crippen LogP contribution in [0.3, 0.4) is 0 Å². The van der Waals surface area contributed by atoms with Gasteiger partial charge in [0.25, 0.3) is 11.8 Å². The van der Waals surface area contributed by atoms with E-state index in [-0.39, 0.29) is 11.8 Å². The minimum absolute atomic E-state index is 0.131. The summed E-state index contributed by atoms with van der Waals surface area (Å²) in [7, 11) is 0. The number of hydrogen-bond donors (Lipinski definition) is 2. The van der Waals surface area contributed by atoms with Crippen LogP contribution in [-0.4, -0.2) is 43.0 Å². The Kier molecular flexibility index (Phi) is 5.88. The lowest BCUT2D eigenvalue weighted by atomic mass is 10.1. The Morgan fingerprint density at radius 2 is 1.81 bits per heavy atom. The number of carbonyl (C=O) groups excluding carboxylic acids is 2. The number of halogens is 1. The Morgan fingerprint density at radius 3 is 2.42 bits per heavy atom. The van der Waals surface area contributed by atoms with Crippen molar-refractivity contribution in [1.29, 1.82) is 0 Å². The molecule has 2 aromatic carbocycles. The number of amides is 2. The molecule has 0 radical (unpaired) electrons. The lowest BCUT2D eigenvalue weighted by Crippen LogP contribution is -2.40. The second-order valence-corrected chi connectivity index (χ2v) is 6.36. The lowest BCUT2D eigenvalue weighted by Gasteiger charge is -2.27. The number of carbonyl (C=O) groups is 2. The van der Waals surface area contributed by atoms with Crippen molar-refractivity contribution in [2.24, 2.45) is 5.73 Å². The first kappa shape index (κ1) is 18.4. The maximum absolute atomic E-state index is 12.5. The van der Waals surface area contributed by atoms with Gasteiger partial charge in [0.1, 0.15) is 0 Å². The zero-order chi connectivity index (χ0) is 18.5. The number of nitrogens with one attached hydrogen (secondary N) is 1. The van der Waals surface area contributed by atoms with Crippen molar-refractivity contribution in [2.45, 2.75) is 6.54 Å². The van der Waals surface area contributed by atoms with E-state index in [9.17, 15) is 9.59 Å². The van der Waals surface area contributed by atoms with Crippen LogP contribution in [0.5, 0.6) is 0 Å². The molecule has 1 aliphatic rings. The van der Waals surface area contributed by atoms with Crippen LogP contribution >= 0.6 is 11.6 Å².